The zero-order valence-electron chi connectivity index (χ0n) is 13.8. The molecule has 0 aliphatic carbocycles. The number of esters is 2. The van der Waals surface area contributed by atoms with Gasteiger partial charge in [-0.1, -0.05) is 19.1 Å². The lowest BCUT2D eigenvalue weighted by Crippen LogP contribution is -2.24. The van der Waals surface area contributed by atoms with Gasteiger partial charge in [0, 0.05) is 0 Å². The molecule has 1 aromatic rings. The van der Waals surface area contributed by atoms with Crippen molar-refractivity contribution in [1.82, 2.24) is 0 Å². The molecule has 0 bridgehead atoms. The lowest BCUT2D eigenvalue weighted by Gasteiger charge is -2.20. The van der Waals surface area contributed by atoms with E-state index in [4.69, 9.17) is 14.6 Å². The van der Waals surface area contributed by atoms with E-state index in [0.717, 1.165) is 0 Å². The van der Waals surface area contributed by atoms with Crippen molar-refractivity contribution in [2.45, 2.75) is 52.2 Å². The predicted octanol–water partition coefficient (Wildman–Crippen LogP) is 3.11. The van der Waals surface area contributed by atoms with Crippen LogP contribution in [0.15, 0.2) is 24.3 Å². The van der Waals surface area contributed by atoms with Crippen LogP contribution in [0.4, 0.5) is 0 Å². The molecule has 0 aromatic heterocycles. The maximum Gasteiger partial charge on any atom is 0.338 e. The predicted molar refractivity (Wildman–Crippen MR) is 83.0 cm³/mol. The second-order valence-electron chi connectivity index (χ2n) is 6.08. The van der Waals surface area contributed by atoms with Gasteiger partial charge in [0.15, 0.2) is 0 Å². The Kier molecular flexibility index (Phi) is 6.30. The summed E-state index contributed by atoms with van der Waals surface area (Å²) < 4.78 is 10.5. The Bertz CT molecular complexity index is 585. The second kappa shape index (κ2) is 7.76. The van der Waals surface area contributed by atoms with Crippen LogP contribution in [0.5, 0.6) is 0 Å². The Labute approximate surface area is 135 Å². The number of ether oxygens (including phenoxy) is 2. The van der Waals surface area contributed by atoms with Crippen LogP contribution in [-0.2, 0) is 19.1 Å². The summed E-state index contributed by atoms with van der Waals surface area (Å²) in [5.41, 5.74) is 0.366. The molecule has 0 fully saturated rings. The highest BCUT2D eigenvalue weighted by Crippen LogP contribution is 2.23. The number of aliphatic carboxylic acids is 1. The van der Waals surface area contributed by atoms with Crippen LogP contribution in [0.3, 0.4) is 0 Å². The molecular formula is C17H22O6. The molecule has 1 rings (SSSR count). The highest BCUT2D eigenvalue weighted by Gasteiger charge is 2.21. The van der Waals surface area contributed by atoms with Crippen LogP contribution in [0, 0.1) is 0 Å². The number of rotatable bonds is 6. The van der Waals surface area contributed by atoms with Crippen LogP contribution < -0.4 is 0 Å². The number of carboxylic acids is 1. The summed E-state index contributed by atoms with van der Waals surface area (Å²) in [6, 6.07) is 6.60. The van der Waals surface area contributed by atoms with Gasteiger partial charge in [0.2, 0.25) is 0 Å². The first-order valence-electron chi connectivity index (χ1n) is 7.37. The number of benzene rings is 1. The number of carboxylic acid groups (broad SMARTS) is 1. The molecule has 1 unspecified atom stereocenters. The molecule has 1 atom stereocenters. The maximum atomic E-state index is 12.1. The third-order valence-electron chi connectivity index (χ3n) is 2.83. The van der Waals surface area contributed by atoms with Gasteiger partial charge >= 0.3 is 17.9 Å². The van der Waals surface area contributed by atoms with Crippen molar-refractivity contribution in [3.05, 3.63) is 35.4 Å². The van der Waals surface area contributed by atoms with Crippen molar-refractivity contribution in [1.29, 1.82) is 0 Å². The SMILES string of the molecule is CCC(OC(=O)CC(=O)O)c1cccc(C(=O)OC(C)(C)C)c1. The average molecular weight is 322 g/mol. The zero-order valence-corrected chi connectivity index (χ0v) is 13.8. The third kappa shape index (κ3) is 6.50. The molecule has 0 aliphatic rings. The van der Waals surface area contributed by atoms with E-state index in [1.807, 2.05) is 0 Å². The molecule has 0 spiro atoms. The van der Waals surface area contributed by atoms with E-state index in [1.54, 1.807) is 52.0 Å². The minimum atomic E-state index is -1.24. The van der Waals surface area contributed by atoms with Gasteiger partial charge in [-0.05, 0) is 44.9 Å². The highest BCUT2D eigenvalue weighted by molar-refractivity contribution is 5.91. The first-order chi connectivity index (χ1) is 10.6. The molecule has 6 heteroatoms. The molecule has 0 amide bonds. The van der Waals surface area contributed by atoms with E-state index >= 15 is 0 Å². The zero-order chi connectivity index (χ0) is 17.6. The van der Waals surface area contributed by atoms with Crippen molar-refractivity contribution in [3.8, 4) is 0 Å². The normalized spacial score (nSPS) is 12.3. The molecular weight excluding hydrogens is 300 g/mol. The number of carbonyl (C=O) groups is 3. The van der Waals surface area contributed by atoms with Gasteiger partial charge in [-0.2, -0.15) is 0 Å². The topological polar surface area (TPSA) is 89.9 Å². The van der Waals surface area contributed by atoms with Crippen molar-refractivity contribution in [2.75, 3.05) is 0 Å². The van der Waals surface area contributed by atoms with Crippen LogP contribution in [0.1, 0.15) is 62.6 Å². The molecule has 23 heavy (non-hydrogen) atoms. The minimum Gasteiger partial charge on any atom is -0.481 e. The molecule has 0 saturated heterocycles. The summed E-state index contributed by atoms with van der Waals surface area (Å²) in [4.78, 5) is 34.1. The van der Waals surface area contributed by atoms with E-state index in [1.165, 1.54) is 0 Å². The van der Waals surface area contributed by atoms with E-state index in [0.29, 0.717) is 17.5 Å². The molecule has 1 aromatic carbocycles. The fraction of sp³-hybridized carbons (Fsp3) is 0.471. The summed E-state index contributed by atoms with van der Waals surface area (Å²) in [7, 11) is 0. The van der Waals surface area contributed by atoms with Crippen LogP contribution in [0.25, 0.3) is 0 Å². The summed E-state index contributed by atoms with van der Waals surface area (Å²) in [6.07, 6.45) is -0.838. The molecule has 126 valence electrons. The van der Waals surface area contributed by atoms with E-state index < -0.39 is 36.0 Å². The summed E-state index contributed by atoms with van der Waals surface area (Å²) in [6.45, 7) is 7.13. The molecule has 6 nitrogen and oxygen atoms in total. The average Bonchev–Trinajstić information content (AvgIpc) is 2.42. The van der Waals surface area contributed by atoms with Gasteiger partial charge in [0.25, 0.3) is 0 Å². The van der Waals surface area contributed by atoms with Crippen LogP contribution in [-0.4, -0.2) is 28.6 Å². The summed E-state index contributed by atoms with van der Waals surface area (Å²) >= 11 is 0. The monoisotopic (exact) mass is 322 g/mol. The van der Waals surface area contributed by atoms with Gasteiger partial charge in [0.1, 0.15) is 18.1 Å². The Morgan fingerprint density at radius 3 is 2.39 bits per heavy atom. The quantitative estimate of drug-likeness (QED) is 0.639. The van der Waals surface area contributed by atoms with E-state index in [2.05, 4.69) is 0 Å². The second-order valence-corrected chi connectivity index (χ2v) is 6.08. The van der Waals surface area contributed by atoms with Gasteiger partial charge in [-0.15, -0.1) is 0 Å². The number of carbonyl (C=O) groups excluding carboxylic acids is 2. The summed E-state index contributed by atoms with van der Waals surface area (Å²) in [5, 5.41) is 8.60. The Hall–Kier alpha value is -2.37. The first kappa shape index (κ1) is 18.7. The van der Waals surface area contributed by atoms with Crippen LogP contribution in [0.2, 0.25) is 0 Å². The maximum absolute atomic E-state index is 12.1. The summed E-state index contributed by atoms with van der Waals surface area (Å²) in [5.74, 6) is -2.52. The fourth-order valence-electron chi connectivity index (χ4n) is 1.91. The van der Waals surface area contributed by atoms with Gasteiger partial charge in [0.05, 0.1) is 5.56 Å². The minimum absolute atomic E-state index is 0.352. The Morgan fingerprint density at radius 2 is 1.87 bits per heavy atom. The van der Waals surface area contributed by atoms with E-state index in [-0.39, 0.29) is 0 Å². The van der Waals surface area contributed by atoms with Crippen molar-refractivity contribution in [3.63, 3.8) is 0 Å². The highest BCUT2D eigenvalue weighted by atomic mass is 16.6. The van der Waals surface area contributed by atoms with Crippen molar-refractivity contribution < 1.29 is 29.0 Å². The van der Waals surface area contributed by atoms with Gasteiger partial charge in [-0.3, -0.25) is 9.59 Å². The smallest absolute Gasteiger partial charge is 0.338 e. The fourth-order valence-corrected chi connectivity index (χ4v) is 1.91. The molecule has 0 saturated carbocycles. The van der Waals surface area contributed by atoms with Crippen molar-refractivity contribution in [2.24, 2.45) is 0 Å². The lowest BCUT2D eigenvalue weighted by atomic mass is 10.0. The first-order valence-corrected chi connectivity index (χ1v) is 7.37. The molecule has 1 N–H and O–H groups in total. The van der Waals surface area contributed by atoms with E-state index in [9.17, 15) is 14.4 Å². The molecule has 0 radical (unpaired) electrons. The molecule has 0 heterocycles. The van der Waals surface area contributed by atoms with Gasteiger partial charge < -0.3 is 14.6 Å². The third-order valence-corrected chi connectivity index (χ3v) is 2.83. The Balaban J connectivity index is 2.90. The molecule has 0 aliphatic heterocycles. The van der Waals surface area contributed by atoms with Crippen molar-refractivity contribution >= 4 is 17.9 Å². The van der Waals surface area contributed by atoms with Crippen LogP contribution >= 0.6 is 0 Å². The lowest BCUT2D eigenvalue weighted by molar-refractivity contribution is -0.155. The van der Waals surface area contributed by atoms with Gasteiger partial charge in [-0.25, -0.2) is 4.79 Å². The number of hydrogen-bond acceptors (Lipinski definition) is 5. The standard InChI is InChI=1S/C17H22O6/c1-5-13(22-15(20)10-14(18)19)11-7-6-8-12(9-11)16(21)23-17(2,3)4/h6-9,13H,5,10H2,1-4H3,(H,18,19). The largest absolute Gasteiger partial charge is 0.481 e. The Morgan fingerprint density at radius 1 is 1.22 bits per heavy atom. The number of hydrogen-bond donors (Lipinski definition) is 1.